The molecule has 0 spiro atoms. The standard InChI is InChI=1S/C20H30N6O.2ClH/c1-4-25(18-7-5-6-15(2)14-18)13-12-22-20(27)19-16(3)26(24-23-19)17-8-10-21-11-9-17;;/h5-7,14,17,21H,4,8-13H2,1-3H3,(H,22,27);2*1H. The lowest BCUT2D eigenvalue weighted by Gasteiger charge is -2.24. The van der Waals surface area contributed by atoms with E-state index in [-0.39, 0.29) is 30.7 Å². The fourth-order valence-electron chi connectivity index (χ4n) is 3.63. The minimum Gasteiger partial charge on any atom is -0.370 e. The molecule has 3 rings (SSSR count). The lowest BCUT2D eigenvalue weighted by atomic mass is 10.1. The fourth-order valence-corrected chi connectivity index (χ4v) is 3.63. The van der Waals surface area contributed by atoms with Crippen LogP contribution in [0, 0.1) is 13.8 Å². The summed E-state index contributed by atoms with van der Waals surface area (Å²) >= 11 is 0. The Bertz CT molecular complexity index is 776. The van der Waals surface area contributed by atoms with E-state index in [0.29, 0.717) is 18.3 Å². The predicted octanol–water partition coefficient (Wildman–Crippen LogP) is 2.92. The third-order valence-corrected chi connectivity index (χ3v) is 5.21. The Morgan fingerprint density at radius 1 is 1.28 bits per heavy atom. The third-order valence-electron chi connectivity index (χ3n) is 5.21. The first kappa shape index (κ1) is 25.2. The molecule has 1 saturated heterocycles. The maximum absolute atomic E-state index is 12.6. The van der Waals surface area contributed by atoms with Crippen molar-refractivity contribution in [1.82, 2.24) is 25.6 Å². The van der Waals surface area contributed by atoms with E-state index in [4.69, 9.17) is 0 Å². The molecule has 29 heavy (non-hydrogen) atoms. The highest BCUT2D eigenvalue weighted by Crippen LogP contribution is 2.20. The molecule has 1 aliphatic heterocycles. The largest absolute Gasteiger partial charge is 0.370 e. The van der Waals surface area contributed by atoms with E-state index < -0.39 is 0 Å². The van der Waals surface area contributed by atoms with Gasteiger partial charge in [0.05, 0.1) is 11.7 Å². The summed E-state index contributed by atoms with van der Waals surface area (Å²) in [5, 5.41) is 14.7. The molecular formula is C20H32Cl2N6O. The molecule has 0 atom stereocenters. The number of likely N-dealkylation sites (N-methyl/N-ethyl adjacent to an activating group) is 1. The van der Waals surface area contributed by atoms with Crippen molar-refractivity contribution in [2.75, 3.05) is 37.6 Å². The molecule has 0 radical (unpaired) electrons. The number of nitrogens with zero attached hydrogens (tertiary/aromatic N) is 4. The maximum Gasteiger partial charge on any atom is 0.273 e. The summed E-state index contributed by atoms with van der Waals surface area (Å²) in [5.74, 6) is -0.145. The molecule has 2 aromatic rings. The molecule has 0 aliphatic carbocycles. The number of hydrogen-bond acceptors (Lipinski definition) is 5. The molecule has 162 valence electrons. The van der Waals surface area contributed by atoms with Crippen LogP contribution in [-0.2, 0) is 0 Å². The normalized spacial score (nSPS) is 13.9. The van der Waals surface area contributed by atoms with Crippen molar-refractivity contribution in [2.24, 2.45) is 0 Å². The topological polar surface area (TPSA) is 75.1 Å². The van der Waals surface area contributed by atoms with Gasteiger partial charge in [-0.1, -0.05) is 17.3 Å². The number of rotatable bonds is 7. The van der Waals surface area contributed by atoms with E-state index in [1.54, 1.807) is 0 Å². The number of nitrogens with one attached hydrogen (secondary N) is 2. The summed E-state index contributed by atoms with van der Waals surface area (Å²) < 4.78 is 1.92. The quantitative estimate of drug-likeness (QED) is 0.689. The van der Waals surface area contributed by atoms with Gasteiger partial charge < -0.3 is 15.5 Å². The molecule has 1 amide bonds. The molecule has 0 bridgehead atoms. The summed E-state index contributed by atoms with van der Waals surface area (Å²) in [4.78, 5) is 14.8. The second kappa shape index (κ2) is 12.0. The molecule has 2 N–H and O–H groups in total. The van der Waals surface area contributed by atoms with Crippen LogP contribution < -0.4 is 15.5 Å². The minimum absolute atomic E-state index is 0. The summed E-state index contributed by atoms with van der Waals surface area (Å²) in [6.07, 6.45) is 2.04. The monoisotopic (exact) mass is 442 g/mol. The second-order valence-electron chi connectivity index (χ2n) is 7.12. The molecule has 1 aromatic carbocycles. The Kier molecular flexibility index (Phi) is 10.4. The number of anilines is 1. The van der Waals surface area contributed by atoms with Gasteiger partial charge in [-0.15, -0.1) is 29.9 Å². The van der Waals surface area contributed by atoms with Crippen molar-refractivity contribution >= 4 is 36.4 Å². The number of hydrogen-bond donors (Lipinski definition) is 2. The van der Waals surface area contributed by atoms with Gasteiger partial charge in [0, 0.05) is 25.3 Å². The van der Waals surface area contributed by atoms with Crippen molar-refractivity contribution in [2.45, 2.75) is 39.7 Å². The van der Waals surface area contributed by atoms with E-state index in [9.17, 15) is 4.79 Å². The highest BCUT2D eigenvalue weighted by molar-refractivity contribution is 5.93. The van der Waals surface area contributed by atoms with Crippen LogP contribution in [0.2, 0.25) is 0 Å². The molecule has 1 aliphatic rings. The van der Waals surface area contributed by atoms with Crippen LogP contribution >= 0.6 is 24.8 Å². The van der Waals surface area contributed by atoms with E-state index in [0.717, 1.165) is 44.7 Å². The Labute approximate surface area is 185 Å². The SMILES string of the molecule is CCN(CCNC(=O)c1nnn(C2CCNCC2)c1C)c1cccc(C)c1.Cl.Cl. The summed E-state index contributed by atoms with van der Waals surface area (Å²) in [6, 6.07) is 8.76. The highest BCUT2D eigenvalue weighted by Gasteiger charge is 2.22. The number of carbonyl (C=O) groups is 1. The third kappa shape index (κ3) is 6.32. The molecule has 0 unspecified atom stereocenters. The number of carbonyl (C=O) groups excluding carboxylic acids is 1. The van der Waals surface area contributed by atoms with Crippen LogP contribution in [0.3, 0.4) is 0 Å². The van der Waals surface area contributed by atoms with Gasteiger partial charge in [-0.25, -0.2) is 4.68 Å². The maximum atomic E-state index is 12.6. The van der Waals surface area contributed by atoms with Gasteiger partial charge in [0.15, 0.2) is 5.69 Å². The zero-order valence-electron chi connectivity index (χ0n) is 17.4. The van der Waals surface area contributed by atoms with Crippen LogP contribution in [-0.4, -0.2) is 53.6 Å². The molecule has 9 heteroatoms. The average molecular weight is 443 g/mol. The molecule has 1 fully saturated rings. The predicted molar refractivity (Wildman–Crippen MR) is 122 cm³/mol. The van der Waals surface area contributed by atoms with Crippen molar-refractivity contribution in [3.8, 4) is 0 Å². The number of piperidine rings is 1. The summed E-state index contributed by atoms with van der Waals surface area (Å²) in [5.41, 5.74) is 3.71. The lowest BCUT2D eigenvalue weighted by molar-refractivity contribution is 0.0949. The van der Waals surface area contributed by atoms with E-state index in [1.807, 2.05) is 11.6 Å². The number of aryl methyl sites for hydroxylation is 1. The van der Waals surface area contributed by atoms with Crippen molar-refractivity contribution in [1.29, 1.82) is 0 Å². The Balaban J connectivity index is 0.00000210. The van der Waals surface area contributed by atoms with Gasteiger partial charge >= 0.3 is 0 Å². The number of aromatic nitrogens is 3. The van der Waals surface area contributed by atoms with Crippen LogP contribution in [0.15, 0.2) is 24.3 Å². The van der Waals surface area contributed by atoms with E-state index in [1.165, 1.54) is 11.3 Å². The van der Waals surface area contributed by atoms with Gasteiger partial charge in [0.25, 0.3) is 5.91 Å². The van der Waals surface area contributed by atoms with Gasteiger partial charge in [0.2, 0.25) is 0 Å². The summed E-state index contributed by atoms with van der Waals surface area (Å²) in [6.45, 7) is 10.3. The first-order chi connectivity index (χ1) is 13.1. The number of amides is 1. The Morgan fingerprint density at radius 3 is 2.66 bits per heavy atom. The van der Waals surface area contributed by atoms with Gasteiger partial charge in [-0.05, 0) is 64.4 Å². The second-order valence-corrected chi connectivity index (χ2v) is 7.12. The Morgan fingerprint density at radius 2 is 2.00 bits per heavy atom. The summed E-state index contributed by atoms with van der Waals surface area (Å²) in [7, 11) is 0. The first-order valence-electron chi connectivity index (χ1n) is 9.82. The molecule has 2 heterocycles. The van der Waals surface area contributed by atoms with Gasteiger partial charge in [-0.2, -0.15) is 0 Å². The van der Waals surface area contributed by atoms with Gasteiger partial charge in [-0.3, -0.25) is 4.79 Å². The average Bonchev–Trinajstić information content (AvgIpc) is 3.07. The van der Waals surface area contributed by atoms with Crippen LogP contribution in [0.4, 0.5) is 5.69 Å². The minimum atomic E-state index is -0.145. The molecular weight excluding hydrogens is 411 g/mol. The smallest absolute Gasteiger partial charge is 0.273 e. The van der Waals surface area contributed by atoms with E-state index in [2.05, 4.69) is 64.0 Å². The van der Waals surface area contributed by atoms with Crippen LogP contribution in [0.1, 0.15) is 47.6 Å². The van der Waals surface area contributed by atoms with Crippen molar-refractivity contribution < 1.29 is 4.79 Å². The van der Waals surface area contributed by atoms with E-state index >= 15 is 0 Å². The zero-order valence-corrected chi connectivity index (χ0v) is 19.0. The highest BCUT2D eigenvalue weighted by atomic mass is 35.5. The fraction of sp³-hybridized carbons (Fsp3) is 0.550. The number of halogens is 2. The van der Waals surface area contributed by atoms with Crippen molar-refractivity contribution in [3.63, 3.8) is 0 Å². The van der Waals surface area contributed by atoms with Crippen LogP contribution in [0.25, 0.3) is 0 Å². The lowest BCUT2D eigenvalue weighted by Crippen LogP contribution is -2.35. The molecule has 1 aromatic heterocycles. The first-order valence-corrected chi connectivity index (χ1v) is 9.82. The molecule has 7 nitrogen and oxygen atoms in total. The number of benzene rings is 1. The zero-order chi connectivity index (χ0) is 19.2. The van der Waals surface area contributed by atoms with Crippen LogP contribution in [0.5, 0.6) is 0 Å². The Hall–Kier alpha value is -1.83. The molecule has 0 saturated carbocycles. The van der Waals surface area contributed by atoms with Crippen molar-refractivity contribution in [3.05, 3.63) is 41.2 Å². The van der Waals surface area contributed by atoms with Gasteiger partial charge in [0.1, 0.15) is 0 Å².